The molecule has 1 aliphatic carbocycles. The lowest BCUT2D eigenvalue weighted by atomic mass is 9.91. The average Bonchev–Trinajstić information content (AvgIpc) is 2.91. The Hall–Kier alpha value is -1.01. The number of benzene rings is 1. The zero-order chi connectivity index (χ0) is 17.3. The lowest BCUT2D eigenvalue weighted by Gasteiger charge is -2.28. The van der Waals surface area contributed by atoms with Crippen LogP contribution < -0.4 is 16.0 Å². The number of carbonyl (C=O) groups excluding carboxylic acids is 2. The van der Waals surface area contributed by atoms with E-state index in [1.807, 2.05) is 0 Å². The summed E-state index contributed by atoms with van der Waals surface area (Å²) >= 11 is 12.2. The fourth-order valence-corrected chi connectivity index (χ4v) is 3.90. The highest BCUT2D eigenvalue weighted by Gasteiger charge is 2.39. The quantitative estimate of drug-likeness (QED) is 0.757. The maximum atomic E-state index is 12.7. The van der Waals surface area contributed by atoms with Gasteiger partial charge < -0.3 is 16.0 Å². The van der Waals surface area contributed by atoms with Crippen molar-refractivity contribution in [3.63, 3.8) is 0 Å². The Morgan fingerprint density at radius 3 is 2.72 bits per heavy atom. The number of carbonyl (C=O) groups is 2. The third kappa shape index (κ3) is 4.59. The van der Waals surface area contributed by atoms with Gasteiger partial charge in [-0.15, -0.1) is 12.4 Å². The molecule has 3 unspecified atom stereocenters. The van der Waals surface area contributed by atoms with E-state index < -0.39 is 5.92 Å². The summed E-state index contributed by atoms with van der Waals surface area (Å²) in [6.45, 7) is 0.459. The molecule has 2 fully saturated rings. The highest BCUT2D eigenvalue weighted by Crippen LogP contribution is 2.33. The lowest BCUT2D eigenvalue weighted by Crippen LogP contribution is -2.46. The predicted molar refractivity (Wildman–Crippen MR) is 103 cm³/mol. The van der Waals surface area contributed by atoms with Gasteiger partial charge in [0, 0.05) is 23.7 Å². The smallest absolute Gasteiger partial charge is 0.239 e. The Bertz CT molecular complexity index is 656. The first-order valence-corrected chi connectivity index (χ1v) is 9.03. The van der Waals surface area contributed by atoms with Gasteiger partial charge >= 0.3 is 0 Å². The molecule has 5 nitrogen and oxygen atoms in total. The predicted octanol–water partition coefficient (Wildman–Crippen LogP) is 3.15. The van der Waals surface area contributed by atoms with Crippen LogP contribution in [0.2, 0.25) is 10.0 Å². The highest BCUT2D eigenvalue weighted by atomic mass is 35.5. The van der Waals surface area contributed by atoms with Crippen molar-refractivity contribution in [2.24, 2.45) is 11.7 Å². The monoisotopic (exact) mass is 405 g/mol. The molecule has 1 aromatic rings. The molecule has 8 heteroatoms. The van der Waals surface area contributed by atoms with Crippen molar-refractivity contribution >= 4 is 53.1 Å². The van der Waals surface area contributed by atoms with E-state index in [1.54, 1.807) is 23.1 Å². The van der Waals surface area contributed by atoms with E-state index >= 15 is 0 Å². The second-order valence-corrected chi connectivity index (χ2v) is 7.40. The Kier molecular flexibility index (Phi) is 6.97. The van der Waals surface area contributed by atoms with E-state index in [0.29, 0.717) is 28.7 Å². The van der Waals surface area contributed by atoms with Gasteiger partial charge in [-0.25, -0.2) is 0 Å². The number of hydrogen-bond acceptors (Lipinski definition) is 3. The molecule has 3 rings (SSSR count). The van der Waals surface area contributed by atoms with Gasteiger partial charge in [-0.3, -0.25) is 9.59 Å². The molecule has 2 aliphatic rings. The van der Waals surface area contributed by atoms with E-state index in [-0.39, 0.29) is 36.3 Å². The number of nitrogens with one attached hydrogen (secondary N) is 1. The molecular formula is C17H22Cl3N3O2. The normalized spacial score (nSPS) is 26.3. The molecular weight excluding hydrogens is 385 g/mol. The van der Waals surface area contributed by atoms with Crippen molar-refractivity contribution in [2.75, 3.05) is 11.4 Å². The standard InChI is InChI=1S/C17H21Cl2N3O2.ClH/c18-10-4-5-14(19)15(8-10)22-7-6-13(17(22)24)16(23)21-12-3-1-2-11(20)9-12;/h4-5,8,11-13H,1-3,6-7,9,20H2,(H,21,23);1H. The number of nitrogens with two attached hydrogens (primary N) is 1. The van der Waals surface area contributed by atoms with Gasteiger partial charge in [0.2, 0.25) is 11.8 Å². The van der Waals surface area contributed by atoms with Crippen LogP contribution in [0.15, 0.2) is 18.2 Å². The Balaban J connectivity index is 0.00000225. The van der Waals surface area contributed by atoms with E-state index in [2.05, 4.69) is 5.32 Å². The summed E-state index contributed by atoms with van der Waals surface area (Å²) in [5, 5.41) is 3.95. The molecule has 138 valence electrons. The van der Waals surface area contributed by atoms with Gasteiger partial charge in [0.1, 0.15) is 5.92 Å². The second kappa shape index (κ2) is 8.58. The van der Waals surface area contributed by atoms with Crippen molar-refractivity contribution in [1.29, 1.82) is 0 Å². The summed E-state index contributed by atoms with van der Waals surface area (Å²) in [6.07, 6.45) is 4.18. The maximum Gasteiger partial charge on any atom is 0.239 e. The van der Waals surface area contributed by atoms with E-state index in [4.69, 9.17) is 28.9 Å². The van der Waals surface area contributed by atoms with Crippen molar-refractivity contribution in [2.45, 2.75) is 44.2 Å². The van der Waals surface area contributed by atoms with Crippen LogP contribution in [-0.2, 0) is 9.59 Å². The summed E-state index contributed by atoms with van der Waals surface area (Å²) in [7, 11) is 0. The Labute approximate surface area is 163 Å². The van der Waals surface area contributed by atoms with Gasteiger partial charge in [0.25, 0.3) is 0 Å². The van der Waals surface area contributed by atoms with Crippen LogP contribution in [0.5, 0.6) is 0 Å². The number of hydrogen-bond donors (Lipinski definition) is 2. The van der Waals surface area contributed by atoms with Gasteiger partial charge in [-0.1, -0.05) is 23.2 Å². The van der Waals surface area contributed by atoms with Gasteiger partial charge in [0.15, 0.2) is 0 Å². The summed E-state index contributed by atoms with van der Waals surface area (Å²) in [5.74, 6) is -1.10. The molecule has 1 aromatic carbocycles. The number of nitrogens with zero attached hydrogens (tertiary/aromatic N) is 1. The summed E-state index contributed by atoms with van der Waals surface area (Å²) < 4.78 is 0. The van der Waals surface area contributed by atoms with Crippen LogP contribution in [0.1, 0.15) is 32.1 Å². The fourth-order valence-electron chi connectivity index (χ4n) is 3.52. The van der Waals surface area contributed by atoms with Crippen molar-refractivity contribution in [3.8, 4) is 0 Å². The molecule has 0 aromatic heterocycles. The van der Waals surface area contributed by atoms with E-state index in [1.165, 1.54) is 0 Å². The first-order valence-electron chi connectivity index (χ1n) is 8.28. The summed E-state index contributed by atoms with van der Waals surface area (Å²) in [4.78, 5) is 26.7. The molecule has 1 aliphatic heterocycles. The number of amides is 2. The summed E-state index contributed by atoms with van der Waals surface area (Å²) in [5.41, 5.74) is 6.52. The molecule has 1 saturated carbocycles. The molecule has 25 heavy (non-hydrogen) atoms. The lowest BCUT2D eigenvalue weighted by molar-refractivity contribution is -0.132. The minimum Gasteiger partial charge on any atom is -0.353 e. The third-order valence-corrected chi connectivity index (χ3v) is 5.34. The fraction of sp³-hybridized carbons (Fsp3) is 0.529. The van der Waals surface area contributed by atoms with Gasteiger partial charge in [-0.2, -0.15) is 0 Å². The average molecular weight is 407 g/mol. The van der Waals surface area contributed by atoms with Gasteiger partial charge in [-0.05, 0) is 50.3 Å². The molecule has 3 N–H and O–H groups in total. The molecule has 0 bridgehead atoms. The van der Waals surface area contributed by atoms with Crippen LogP contribution in [0.25, 0.3) is 0 Å². The van der Waals surface area contributed by atoms with E-state index in [0.717, 1.165) is 25.7 Å². The van der Waals surface area contributed by atoms with Crippen LogP contribution in [0, 0.1) is 5.92 Å². The zero-order valence-electron chi connectivity index (χ0n) is 13.7. The topological polar surface area (TPSA) is 75.4 Å². The number of halogens is 3. The van der Waals surface area contributed by atoms with Crippen LogP contribution in [0.4, 0.5) is 5.69 Å². The van der Waals surface area contributed by atoms with Crippen LogP contribution >= 0.6 is 35.6 Å². The number of anilines is 1. The highest BCUT2D eigenvalue weighted by molar-refractivity contribution is 6.36. The zero-order valence-corrected chi connectivity index (χ0v) is 16.0. The van der Waals surface area contributed by atoms with Crippen LogP contribution in [0.3, 0.4) is 0 Å². The third-order valence-electron chi connectivity index (χ3n) is 4.78. The molecule has 1 saturated heterocycles. The second-order valence-electron chi connectivity index (χ2n) is 6.56. The minimum atomic E-state index is -0.668. The van der Waals surface area contributed by atoms with Crippen molar-refractivity contribution in [3.05, 3.63) is 28.2 Å². The SMILES string of the molecule is Cl.NC1CCCC(NC(=O)C2CCN(c3cc(Cl)ccc3Cl)C2=O)C1. The molecule has 1 heterocycles. The van der Waals surface area contributed by atoms with E-state index in [9.17, 15) is 9.59 Å². The van der Waals surface area contributed by atoms with Crippen molar-refractivity contribution < 1.29 is 9.59 Å². The Morgan fingerprint density at radius 1 is 1.24 bits per heavy atom. The first-order chi connectivity index (χ1) is 11.5. The van der Waals surface area contributed by atoms with Crippen LogP contribution in [-0.4, -0.2) is 30.4 Å². The molecule has 2 amide bonds. The number of rotatable bonds is 3. The molecule has 3 atom stereocenters. The van der Waals surface area contributed by atoms with Crippen molar-refractivity contribution in [1.82, 2.24) is 5.32 Å². The molecule has 0 radical (unpaired) electrons. The molecule has 0 spiro atoms. The Morgan fingerprint density at radius 2 is 2.00 bits per heavy atom. The first kappa shape index (κ1) is 20.3. The summed E-state index contributed by atoms with van der Waals surface area (Å²) in [6, 6.07) is 5.18. The largest absolute Gasteiger partial charge is 0.353 e. The maximum absolute atomic E-state index is 12.7. The minimum absolute atomic E-state index is 0. The van der Waals surface area contributed by atoms with Gasteiger partial charge in [0.05, 0.1) is 10.7 Å².